The van der Waals surface area contributed by atoms with Gasteiger partial charge in [-0.25, -0.2) is 14.4 Å². The second-order valence-corrected chi connectivity index (χ2v) is 25.2. The zero-order valence-corrected chi connectivity index (χ0v) is 47.4. The van der Waals surface area contributed by atoms with Gasteiger partial charge < -0.3 is 56.6 Å². The summed E-state index contributed by atoms with van der Waals surface area (Å²) in [6.07, 6.45) is 16.6. The number of carbonyl (C=O) groups excluding carboxylic acids is 6. The van der Waals surface area contributed by atoms with Crippen LogP contribution in [0.4, 0.5) is 9.59 Å². The number of thioether (sulfide) groups is 2. The number of carbonyl (C=O) groups is 7. The van der Waals surface area contributed by atoms with E-state index >= 15 is 0 Å². The maximum atomic E-state index is 14.2. The van der Waals surface area contributed by atoms with Crippen LogP contribution in [-0.2, 0) is 19.1 Å². The van der Waals surface area contributed by atoms with Gasteiger partial charge in [0.1, 0.15) is 23.1 Å². The summed E-state index contributed by atoms with van der Waals surface area (Å²) in [6, 6.07) is 11.8. The number of carboxylic acid groups (broad SMARTS) is 1. The zero-order valence-electron chi connectivity index (χ0n) is 45.8. The molecular weight excluding hydrogens is 1070 g/mol. The Morgan fingerprint density at radius 2 is 1.62 bits per heavy atom. The maximum absolute atomic E-state index is 14.2. The summed E-state index contributed by atoms with van der Waals surface area (Å²) >= 11 is 3.08. The van der Waals surface area contributed by atoms with Gasteiger partial charge in [-0.3, -0.25) is 24.0 Å². The Hall–Kier alpha value is -7.00. The fourth-order valence-electron chi connectivity index (χ4n) is 12.4. The molecule has 4 fully saturated rings. The van der Waals surface area contributed by atoms with Crippen LogP contribution in [0.2, 0.25) is 0 Å². The molecule has 19 nitrogen and oxygen atoms in total. The van der Waals surface area contributed by atoms with Gasteiger partial charge in [0.25, 0.3) is 5.91 Å². The van der Waals surface area contributed by atoms with Crippen LogP contribution < -0.4 is 42.6 Å². The first-order valence-electron chi connectivity index (χ1n) is 28.3. The number of aromatic hydroxyl groups is 1. The molecule has 81 heavy (non-hydrogen) atoms. The SMILES string of the molecule is CC(C)(SCC(=O)NCCCCCNC(=O)CCCC[C@@H]1SC[C@@H]2NC(=O)N[C@@H]21)[C@H](NC(=O)OCC1C2CC=CC=C2C2CCCCC21)C(=O)NCCNC(=O)c1ccc(-c2c3ccc(=O)cc-3oc3cc(O)ccc23)c(C(=O)O)c1. The van der Waals surface area contributed by atoms with Crippen molar-refractivity contribution >= 4 is 76.2 Å². The third kappa shape index (κ3) is 14.4. The third-order valence-corrected chi connectivity index (χ3v) is 19.4. The van der Waals surface area contributed by atoms with Crippen LogP contribution in [0.3, 0.4) is 0 Å². The minimum Gasteiger partial charge on any atom is -0.508 e. The molecular formula is C60H73N7O12S2. The van der Waals surface area contributed by atoms with Crippen LogP contribution in [0.15, 0.2) is 87.6 Å². The Bertz CT molecular complexity index is 3110. The number of ether oxygens (including phenoxy) is 1. The van der Waals surface area contributed by atoms with Crippen LogP contribution in [0.25, 0.3) is 33.4 Å². The van der Waals surface area contributed by atoms with Crippen molar-refractivity contribution in [1.29, 1.82) is 0 Å². The van der Waals surface area contributed by atoms with Gasteiger partial charge in [0.05, 0.1) is 30.0 Å². The Labute approximate surface area is 479 Å². The van der Waals surface area contributed by atoms with Gasteiger partial charge in [-0.15, -0.1) is 11.8 Å². The van der Waals surface area contributed by atoms with Crippen LogP contribution in [0.5, 0.6) is 5.75 Å². The van der Waals surface area contributed by atoms with E-state index in [1.165, 1.54) is 72.3 Å². The molecule has 8 atom stereocenters. The first kappa shape index (κ1) is 58.6. The van der Waals surface area contributed by atoms with Crippen molar-refractivity contribution in [3.63, 3.8) is 0 Å². The van der Waals surface area contributed by atoms with Gasteiger partial charge >= 0.3 is 18.1 Å². The lowest BCUT2D eigenvalue weighted by Gasteiger charge is -2.33. The number of amides is 7. The first-order valence-corrected chi connectivity index (χ1v) is 30.4. The second kappa shape index (κ2) is 26.7. The highest BCUT2D eigenvalue weighted by atomic mass is 32.2. The van der Waals surface area contributed by atoms with E-state index in [1.807, 2.05) is 11.8 Å². The number of nitrogens with one attached hydrogen (secondary N) is 7. The molecule has 9 N–H and O–H groups in total. The van der Waals surface area contributed by atoms with Crippen molar-refractivity contribution in [2.75, 3.05) is 44.3 Å². The number of alkyl carbamates (subject to hydrolysis) is 1. The molecule has 0 spiro atoms. The van der Waals surface area contributed by atoms with E-state index in [4.69, 9.17) is 9.15 Å². The normalized spacial score (nSPS) is 22.1. The molecule has 2 saturated carbocycles. The fourth-order valence-corrected chi connectivity index (χ4v) is 14.9. The Balaban J connectivity index is 0.761. The summed E-state index contributed by atoms with van der Waals surface area (Å²) in [4.78, 5) is 104. The lowest BCUT2D eigenvalue weighted by atomic mass is 9.77. The number of phenols is 1. The molecule has 0 aromatic heterocycles. The number of urea groups is 1. The molecule has 4 aliphatic carbocycles. The molecule has 3 heterocycles. The molecule has 7 aliphatic rings. The van der Waals surface area contributed by atoms with Crippen molar-refractivity contribution in [1.82, 2.24) is 37.2 Å². The summed E-state index contributed by atoms with van der Waals surface area (Å²) in [6.45, 7) is 4.58. The molecule has 7 amide bonds. The van der Waals surface area contributed by atoms with Gasteiger partial charge in [-0.05, 0) is 125 Å². The lowest BCUT2D eigenvalue weighted by molar-refractivity contribution is -0.124. The molecule has 2 aromatic rings. The minimum absolute atomic E-state index is 0.00485. The number of hydrogen-bond donors (Lipinski definition) is 9. The number of fused-ring (bicyclic) bond motifs is 6. The highest BCUT2D eigenvalue weighted by Crippen LogP contribution is 2.54. The monoisotopic (exact) mass is 1150 g/mol. The van der Waals surface area contributed by atoms with E-state index < -0.39 is 34.7 Å². The molecule has 21 heteroatoms. The minimum atomic E-state index is -1.32. The van der Waals surface area contributed by atoms with Crippen LogP contribution in [0, 0.1) is 23.7 Å². The van der Waals surface area contributed by atoms with E-state index in [9.17, 15) is 48.6 Å². The number of phenolic OH excluding ortho intramolecular Hbond substituents is 1. The highest BCUT2D eigenvalue weighted by Gasteiger charge is 2.48. The average Bonchev–Trinajstić information content (AvgIpc) is 4.29. The number of hydrogen-bond acceptors (Lipinski definition) is 13. The predicted molar refractivity (Wildman–Crippen MR) is 311 cm³/mol. The fraction of sp³-hybridized carbons (Fsp3) is 0.500. The van der Waals surface area contributed by atoms with E-state index in [0.717, 1.165) is 63.5 Å². The molecule has 9 rings (SSSR count). The van der Waals surface area contributed by atoms with E-state index in [1.54, 1.807) is 19.9 Å². The topological polar surface area (TPSA) is 284 Å². The van der Waals surface area contributed by atoms with Crippen molar-refractivity contribution in [2.45, 2.75) is 119 Å². The summed E-state index contributed by atoms with van der Waals surface area (Å²) in [5, 5.41) is 41.8. The summed E-state index contributed by atoms with van der Waals surface area (Å²) in [5.41, 5.74) is 2.29. The molecule has 432 valence electrons. The van der Waals surface area contributed by atoms with Crippen molar-refractivity contribution < 1.29 is 52.9 Å². The molecule has 4 unspecified atom stereocenters. The van der Waals surface area contributed by atoms with Crippen LogP contribution in [0.1, 0.15) is 112 Å². The van der Waals surface area contributed by atoms with Crippen molar-refractivity contribution in [3.05, 3.63) is 99.7 Å². The number of aromatic carboxylic acids is 1. The van der Waals surface area contributed by atoms with E-state index in [0.29, 0.717) is 65.4 Å². The Morgan fingerprint density at radius 1 is 0.840 bits per heavy atom. The van der Waals surface area contributed by atoms with E-state index in [-0.39, 0.29) is 101 Å². The van der Waals surface area contributed by atoms with Gasteiger partial charge in [0.15, 0.2) is 5.43 Å². The van der Waals surface area contributed by atoms with Crippen LogP contribution >= 0.6 is 23.5 Å². The molecule has 2 saturated heterocycles. The van der Waals surface area contributed by atoms with Crippen molar-refractivity contribution in [2.24, 2.45) is 23.7 Å². The Morgan fingerprint density at radius 3 is 2.43 bits per heavy atom. The number of benzene rings is 3. The summed E-state index contributed by atoms with van der Waals surface area (Å²) in [5.74, 6) is -0.356. The van der Waals surface area contributed by atoms with Gasteiger partial charge in [0, 0.05) is 88.5 Å². The number of carboxylic acids is 1. The van der Waals surface area contributed by atoms with Crippen LogP contribution in [-0.4, -0.2) is 124 Å². The quantitative estimate of drug-likeness (QED) is 0.0177. The van der Waals surface area contributed by atoms with E-state index in [2.05, 4.69) is 55.4 Å². The molecule has 3 aliphatic heterocycles. The average molecular weight is 1150 g/mol. The number of unbranched alkanes of at least 4 members (excludes halogenated alkanes) is 3. The molecule has 0 bridgehead atoms. The van der Waals surface area contributed by atoms with Crippen molar-refractivity contribution in [3.8, 4) is 28.2 Å². The largest absolute Gasteiger partial charge is 0.508 e. The predicted octanol–water partition coefficient (Wildman–Crippen LogP) is 7.49. The Kier molecular flexibility index (Phi) is 19.3. The second-order valence-electron chi connectivity index (χ2n) is 22.3. The molecule has 0 radical (unpaired) electrons. The van der Waals surface area contributed by atoms with Gasteiger partial charge in [0.2, 0.25) is 17.7 Å². The number of allylic oxidation sites excluding steroid dienone is 4. The van der Waals surface area contributed by atoms with Gasteiger partial charge in [-0.2, -0.15) is 11.8 Å². The molecule has 2 aromatic carbocycles. The highest BCUT2D eigenvalue weighted by molar-refractivity contribution is 8.01. The summed E-state index contributed by atoms with van der Waals surface area (Å²) in [7, 11) is 0. The summed E-state index contributed by atoms with van der Waals surface area (Å²) < 4.78 is 10.9. The lowest BCUT2D eigenvalue weighted by Crippen LogP contribution is -2.57. The zero-order chi connectivity index (χ0) is 57.2. The smallest absolute Gasteiger partial charge is 0.407 e. The third-order valence-electron chi connectivity index (χ3n) is 16.5. The van der Waals surface area contributed by atoms with Gasteiger partial charge in [-0.1, -0.05) is 49.1 Å². The number of rotatable bonds is 25. The standard InChI is InChI=1S/C60H73N7O12S2/c1-60(2,81-33-51(71)62-25-11-3-10-24-61-50(70)17-9-8-16-49-53-46(32-80-49)65-58(76)66-53)54(67-59(77)78-31-45-39-14-6-4-12-37(39)38-13-5-7-15-40(38)45)56(73)64-27-26-63-55(72)34-18-21-41(44(28-34)57(74)75)52-42-22-19-35(68)29-47(42)79-48-30-36(69)20-23-43(48)52/h4,6,12,18-23,28-30,38-40,45-46,49,53-54,68H,3,5,7-11,13-17,24-27,31-33H2,1-2H3,(H,61,70)(H,62,71)(H,63,72)(H,64,73)(H,67,77)(H,74,75)(H2,65,66,76)/t38?,39?,40?,45?,46-,49-,53-,54+/m0/s1. The first-order chi connectivity index (χ1) is 39.0. The maximum Gasteiger partial charge on any atom is 0.407 e.